The van der Waals surface area contributed by atoms with Crippen LogP contribution in [0, 0.1) is 5.82 Å². The van der Waals surface area contributed by atoms with Crippen LogP contribution in [0.25, 0.3) is 0 Å². The fourth-order valence-electron chi connectivity index (χ4n) is 1.63. The van der Waals surface area contributed by atoms with Crippen LogP contribution in [0.4, 0.5) is 17.6 Å². The van der Waals surface area contributed by atoms with Gasteiger partial charge in [-0.1, -0.05) is 12.1 Å². The second-order valence-corrected chi connectivity index (χ2v) is 4.84. The molecule has 1 rings (SSSR count). The second-order valence-electron chi connectivity index (χ2n) is 4.84. The van der Waals surface area contributed by atoms with Gasteiger partial charge < -0.3 is 10.6 Å². The molecule has 20 heavy (non-hydrogen) atoms. The average molecular weight is 292 g/mol. The monoisotopic (exact) mass is 292 g/mol. The summed E-state index contributed by atoms with van der Waals surface area (Å²) in [5, 5.41) is 0. The number of hydrogen-bond donors (Lipinski definition) is 1. The molecule has 0 saturated heterocycles. The summed E-state index contributed by atoms with van der Waals surface area (Å²) in [6.07, 6.45) is -4.85. The van der Waals surface area contributed by atoms with Gasteiger partial charge in [-0.2, -0.15) is 13.2 Å². The molecule has 0 spiro atoms. The van der Waals surface area contributed by atoms with Gasteiger partial charge in [0, 0.05) is 7.05 Å². The molecule has 1 aromatic carbocycles. The minimum atomic E-state index is -4.85. The lowest BCUT2D eigenvalue weighted by Crippen LogP contribution is -2.61. The second kappa shape index (κ2) is 5.40. The maximum Gasteiger partial charge on any atom is 0.415 e. The topological polar surface area (TPSA) is 46.3 Å². The van der Waals surface area contributed by atoms with Crippen molar-refractivity contribution in [1.29, 1.82) is 0 Å². The van der Waals surface area contributed by atoms with E-state index in [0.29, 0.717) is 12.5 Å². The molecular weight excluding hydrogens is 276 g/mol. The Hall–Kier alpha value is -1.63. The summed E-state index contributed by atoms with van der Waals surface area (Å²) in [6, 6.07) is 4.51. The normalized spacial score (nSPS) is 16.4. The van der Waals surface area contributed by atoms with Gasteiger partial charge >= 0.3 is 6.18 Å². The predicted octanol–water partition coefficient (Wildman–Crippen LogP) is 2.62. The molecule has 1 amide bonds. The Morgan fingerprint density at radius 3 is 2.10 bits per heavy atom. The molecule has 2 N–H and O–H groups in total. The Morgan fingerprint density at radius 2 is 1.70 bits per heavy atom. The zero-order valence-electron chi connectivity index (χ0n) is 11.3. The van der Waals surface area contributed by atoms with Gasteiger partial charge in [-0.3, -0.25) is 4.79 Å². The Bertz CT molecular complexity index is 482. The Labute approximate surface area is 114 Å². The number of nitrogens with zero attached hydrogens (tertiary/aromatic N) is 1. The molecule has 0 radical (unpaired) electrons. The third-order valence-corrected chi connectivity index (χ3v) is 3.29. The van der Waals surface area contributed by atoms with E-state index in [2.05, 4.69) is 0 Å². The van der Waals surface area contributed by atoms with Gasteiger partial charge in [-0.05, 0) is 31.5 Å². The van der Waals surface area contributed by atoms with Crippen LogP contribution in [-0.4, -0.2) is 29.6 Å². The number of nitrogens with two attached hydrogens (primary N) is 1. The third kappa shape index (κ3) is 3.09. The molecule has 0 fully saturated rings. The summed E-state index contributed by atoms with van der Waals surface area (Å²) in [5.74, 6) is -1.71. The van der Waals surface area contributed by atoms with Crippen LogP contribution < -0.4 is 5.73 Å². The zero-order chi connectivity index (χ0) is 15.7. The summed E-state index contributed by atoms with van der Waals surface area (Å²) in [7, 11) is 1.23. The molecule has 0 aliphatic heterocycles. The minimum absolute atomic E-state index is 0.464. The molecule has 0 saturated carbocycles. The molecule has 0 aliphatic carbocycles. The third-order valence-electron chi connectivity index (χ3n) is 3.29. The highest BCUT2D eigenvalue weighted by Gasteiger charge is 2.55. The van der Waals surface area contributed by atoms with Crippen LogP contribution in [-0.2, 0) is 4.79 Å². The highest BCUT2D eigenvalue weighted by molar-refractivity contribution is 5.86. The molecule has 1 aromatic rings. The van der Waals surface area contributed by atoms with E-state index < -0.39 is 29.5 Å². The van der Waals surface area contributed by atoms with Crippen LogP contribution in [0.2, 0.25) is 0 Å². The fourth-order valence-corrected chi connectivity index (χ4v) is 1.63. The van der Waals surface area contributed by atoms with Crippen molar-refractivity contribution in [2.75, 3.05) is 7.05 Å². The largest absolute Gasteiger partial charge is 0.415 e. The van der Waals surface area contributed by atoms with Gasteiger partial charge in [-0.15, -0.1) is 0 Å². The molecule has 0 heterocycles. The van der Waals surface area contributed by atoms with Crippen molar-refractivity contribution < 1.29 is 22.4 Å². The van der Waals surface area contributed by atoms with Gasteiger partial charge in [0.1, 0.15) is 5.82 Å². The number of carbonyl (C=O) groups excluding carboxylic acids is 1. The maximum absolute atomic E-state index is 12.8. The summed E-state index contributed by atoms with van der Waals surface area (Å²) in [5.41, 5.74) is 2.65. The Balaban J connectivity index is 2.97. The molecular formula is C13H16F4N2O. The first-order chi connectivity index (χ1) is 8.98. The van der Waals surface area contributed by atoms with Crippen molar-refractivity contribution >= 4 is 5.91 Å². The molecule has 0 aromatic heterocycles. The van der Waals surface area contributed by atoms with E-state index in [1.54, 1.807) is 0 Å². The first kappa shape index (κ1) is 16.4. The lowest BCUT2D eigenvalue weighted by molar-refractivity contribution is -0.194. The number of carbonyl (C=O) groups is 1. The fraction of sp³-hybridized carbons (Fsp3) is 0.462. The van der Waals surface area contributed by atoms with Gasteiger partial charge in [0.15, 0.2) is 5.54 Å². The summed E-state index contributed by atoms with van der Waals surface area (Å²) in [6.45, 7) is 2.17. The number of amides is 1. The predicted molar refractivity (Wildman–Crippen MR) is 66.2 cm³/mol. The van der Waals surface area contributed by atoms with E-state index in [1.165, 1.54) is 38.2 Å². The van der Waals surface area contributed by atoms with E-state index in [-0.39, 0.29) is 0 Å². The average Bonchev–Trinajstić information content (AvgIpc) is 2.35. The smallest absolute Gasteiger partial charge is 0.337 e. The highest BCUT2D eigenvalue weighted by atomic mass is 19.4. The van der Waals surface area contributed by atoms with Gasteiger partial charge in [0.25, 0.3) is 5.91 Å². The van der Waals surface area contributed by atoms with E-state index in [0.717, 1.165) is 4.90 Å². The Morgan fingerprint density at radius 1 is 1.25 bits per heavy atom. The molecule has 2 unspecified atom stereocenters. The van der Waals surface area contributed by atoms with E-state index in [1.807, 2.05) is 0 Å². The van der Waals surface area contributed by atoms with Crippen LogP contribution in [0.1, 0.15) is 25.5 Å². The molecule has 3 nitrogen and oxygen atoms in total. The van der Waals surface area contributed by atoms with E-state index in [4.69, 9.17) is 5.73 Å². The summed E-state index contributed by atoms with van der Waals surface area (Å²) >= 11 is 0. The van der Waals surface area contributed by atoms with Crippen molar-refractivity contribution in [2.45, 2.75) is 31.6 Å². The highest BCUT2D eigenvalue weighted by Crippen LogP contribution is 2.31. The molecule has 7 heteroatoms. The number of benzene rings is 1. The molecule has 112 valence electrons. The summed E-state index contributed by atoms with van der Waals surface area (Å²) in [4.78, 5) is 12.8. The Kier molecular flexibility index (Phi) is 4.43. The van der Waals surface area contributed by atoms with Crippen LogP contribution in [0.15, 0.2) is 24.3 Å². The van der Waals surface area contributed by atoms with Gasteiger partial charge in [-0.25, -0.2) is 4.39 Å². The minimum Gasteiger partial charge on any atom is -0.337 e. The van der Waals surface area contributed by atoms with Gasteiger partial charge in [0.05, 0.1) is 6.04 Å². The number of likely N-dealkylation sites (N-methyl/N-ethyl adjacent to an activating group) is 1. The SMILES string of the molecule is CC(c1ccc(F)cc1)N(C)C(=O)C(C)(N)C(F)(F)F. The van der Waals surface area contributed by atoms with Crippen molar-refractivity contribution in [3.8, 4) is 0 Å². The quantitative estimate of drug-likeness (QED) is 0.871. The van der Waals surface area contributed by atoms with Gasteiger partial charge in [0.2, 0.25) is 0 Å². The lowest BCUT2D eigenvalue weighted by atomic mass is 9.99. The summed E-state index contributed by atoms with van der Waals surface area (Å²) < 4.78 is 51.0. The van der Waals surface area contributed by atoms with E-state index in [9.17, 15) is 22.4 Å². The number of rotatable bonds is 3. The van der Waals surface area contributed by atoms with Crippen LogP contribution >= 0.6 is 0 Å². The van der Waals surface area contributed by atoms with Crippen molar-refractivity contribution in [1.82, 2.24) is 4.90 Å². The van der Waals surface area contributed by atoms with Crippen LogP contribution in [0.3, 0.4) is 0 Å². The number of halogens is 4. The number of alkyl halides is 3. The standard InChI is InChI=1S/C13H16F4N2O/c1-8(9-4-6-10(14)7-5-9)19(3)11(20)12(2,18)13(15,16)17/h4-8H,18H2,1-3H3. The first-order valence-electron chi connectivity index (χ1n) is 5.87. The molecule has 2 atom stereocenters. The van der Waals surface area contributed by atoms with E-state index >= 15 is 0 Å². The molecule has 0 bridgehead atoms. The van der Waals surface area contributed by atoms with Crippen molar-refractivity contribution in [2.24, 2.45) is 5.73 Å². The first-order valence-corrected chi connectivity index (χ1v) is 5.87. The molecule has 0 aliphatic rings. The van der Waals surface area contributed by atoms with Crippen molar-refractivity contribution in [3.63, 3.8) is 0 Å². The number of hydrogen-bond acceptors (Lipinski definition) is 2. The van der Waals surface area contributed by atoms with Crippen molar-refractivity contribution in [3.05, 3.63) is 35.6 Å². The maximum atomic E-state index is 12.8. The lowest BCUT2D eigenvalue weighted by Gasteiger charge is -2.34. The zero-order valence-corrected chi connectivity index (χ0v) is 11.3. The van der Waals surface area contributed by atoms with Crippen LogP contribution in [0.5, 0.6) is 0 Å².